The van der Waals surface area contributed by atoms with Crippen molar-refractivity contribution < 1.29 is 14.4 Å². The molecule has 0 aliphatic carbocycles. The first-order valence-corrected chi connectivity index (χ1v) is 6.27. The number of nitrogens with zero attached hydrogens (tertiary/aromatic N) is 1. The number of halogens is 1. The molecule has 7 heteroatoms. The molecule has 1 amide bonds. The normalized spacial score (nSPS) is 13.1. The second-order valence-electron chi connectivity index (χ2n) is 4.29. The first-order chi connectivity index (χ1) is 9.49. The van der Waals surface area contributed by atoms with E-state index in [4.69, 9.17) is 10.9 Å². The van der Waals surface area contributed by atoms with Gasteiger partial charge in [0.05, 0.1) is 6.04 Å². The van der Waals surface area contributed by atoms with Gasteiger partial charge in [-0.3, -0.25) is 4.79 Å². The van der Waals surface area contributed by atoms with Gasteiger partial charge in [0, 0.05) is 24.2 Å². The van der Waals surface area contributed by atoms with Crippen LogP contribution in [0.2, 0.25) is 0 Å². The zero-order chi connectivity index (χ0) is 15.1. The molecule has 1 rings (SSSR count). The van der Waals surface area contributed by atoms with Crippen molar-refractivity contribution in [2.75, 3.05) is 6.54 Å². The maximum atomic E-state index is 13.8. The van der Waals surface area contributed by atoms with Gasteiger partial charge in [-0.05, 0) is 19.9 Å². The number of amides is 1. The molecule has 6 nitrogen and oxygen atoms in total. The highest BCUT2D eigenvalue weighted by Crippen LogP contribution is 2.10. The molecule has 20 heavy (non-hydrogen) atoms. The van der Waals surface area contributed by atoms with Crippen LogP contribution in [0.25, 0.3) is 0 Å². The summed E-state index contributed by atoms with van der Waals surface area (Å²) in [5.41, 5.74) is 6.07. The first-order valence-electron chi connectivity index (χ1n) is 6.27. The Balaban J connectivity index is 2.68. The predicted molar refractivity (Wildman–Crippen MR) is 73.9 cm³/mol. The number of hydrogen-bond donors (Lipinski definition) is 4. The minimum atomic E-state index is -0.482. The molecule has 1 aromatic carbocycles. The topological polar surface area (TPSA) is 99.7 Å². The molecule has 0 bridgehead atoms. The van der Waals surface area contributed by atoms with E-state index >= 15 is 0 Å². The SMILES string of the molecule is CCNC(=O)C(C)NCc1ccc(C(N)=NO)cc1F. The van der Waals surface area contributed by atoms with E-state index in [-0.39, 0.29) is 18.3 Å². The number of hydrogen-bond acceptors (Lipinski definition) is 4. The lowest BCUT2D eigenvalue weighted by Gasteiger charge is -2.14. The summed E-state index contributed by atoms with van der Waals surface area (Å²) in [4.78, 5) is 11.5. The van der Waals surface area contributed by atoms with Crippen LogP contribution in [0.5, 0.6) is 0 Å². The largest absolute Gasteiger partial charge is 0.409 e. The fourth-order valence-corrected chi connectivity index (χ4v) is 1.59. The van der Waals surface area contributed by atoms with Crippen LogP contribution in [-0.2, 0) is 11.3 Å². The molecule has 0 spiro atoms. The minimum absolute atomic E-state index is 0.138. The third-order valence-corrected chi connectivity index (χ3v) is 2.80. The molecule has 0 saturated carbocycles. The Morgan fingerprint density at radius 3 is 2.80 bits per heavy atom. The molecule has 1 unspecified atom stereocenters. The second-order valence-corrected chi connectivity index (χ2v) is 4.29. The van der Waals surface area contributed by atoms with Crippen LogP contribution in [0.4, 0.5) is 4.39 Å². The number of carbonyl (C=O) groups excluding carboxylic acids is 1. The van der Waals surface area contributed by atoms with Crippen molar-refractivity contribution >= 4 is 11.7 Å². The third-order valence-electron chi connectivity index (χ3n) is 2.80. The fraction of sp³-hybridized carbons (Fsp3) is 0.385. The Bertz CT molecular complexity index is 505. The summed E-state index contributed by atoms with van der Waals surface area (Å²) in [7, 11) is 0. The number of oxime groups is 1. The highest BCUT2D eigenvalue weighted by atomic mass is 19.1. The van der Waals surface area contributed by atoms with Gasteiger partial charge in [-0.1, -0.05) is 17.3 Å². The van der Waals surface area contributed by atoms with Crippen LogP contribution in [-0.4, -0.2) is 29.5 Å². The zero-order valence-corrected chi connectivity index (χ0v) is 11.5. The average molecular weight is 282 g/mol. The summed E-state index contributed by atoms with van der Waals surface area (Å²) >= 11 is 0. The Kier molecular flexibility index (Phi) is 5.92. The highest BCUT2D eigenvalue weighted by Gasteiger charge is 2.12. The smallest absolute Gasteiger partial charge is 0.236 e. The standard InChI is InChI=1S/C13H19FN4O2/c1-3-16-13(19)8(2)17-7-10-5-4-9(6-11(10)14)12(15)18-20/h4-6,8,17,20H,3,7H2,1-2H3,(H2,15,18)(H,16,19). The van der Waals surface area contributed by atoms with Gasteiger partial charge in [-0.25, -0.2) is 4.39 Å². The maximum Gasteiger partial charge on any atom is 0.236 e. The van der Waals surface area contributed by atoms with E-state index in [0.717, 1.165) is 0 Å². The van der Waals surface area contributed by atoms with E-state index in [1.807, 2.05) is 6.92 Å². The molecule has 0 aliphatic heterocycles. The number of carbonyl (C=O) groups is 1. The monoisotopic (exact) mass is 282 g/mol. The molecule has 0 saturated heterocycles. The number of rotatable bonds is 6. The van der Waals surface area contributed by atoms with E-state index in [1.165, 1.54) is 12.1 Å². The lowest BCUT2D eigenvalue weighted by molar-refractivity contribution is -0.122. The molecule has 0 fully saturated rings. The van der Waals surface area contributed by atoms with Gasteiger partial charge in [0.2, 0.25) is 5.91 Å². The molecule has 1 atom stereocenters. The molecular weight excluding hydrogens is 263 g/mol. The van der Waals surface area contributed by atoms with E-state index in [0.29, 0.717) is 17.7 Å². The van der Waals surface area contributed by atoms with Crippen molar-refractivity contribution in [2.45, 2.75) is 26.4 Å². The molecule has 0 aromatic heterocycles. The van der Waals surface area contributed by atoms with Crippen molar-refractivity contribution in [3.8, 4) is 0 Å². The molecule has 5 N–H and O–H groups in total. The summed E-state index contributed by atoms with van der Waals surface area (Å²) < 4.78 is 13.8. The fourth-order valence-electron chi connectivity index (χ4n) is 1.59. The van der Waals surface area contributed by atoms with Crippen molar-refractivity contribution in [1.29, 1.82) is 0 Å². The quantitative estimate of drug-likeness (QED) is 0.265. The van der Waals surface area contributed by atoms with Gasteiger partial charge in [0.25, 0.3) is 0 Å². The number of likely N-dealkylation sites (N-methyl/N-ethyl adjacent to an activating group) is 1. The molecule has 0 aliphatic rings. The van der Waals surface area contributed by atoms with Crippen LogP contribution in [0.3, 0.4) is 0 Å². The van der Waals surface area contributed by atoms with Crippen molar-refractivity contribution in [3.05, 3.63) is 35.1 Å². The zero-order valence-electron chi connectivity index (χ0n) is 11.5. The van der Waals surface area contributed by atoms with Crippen molar-refractivity contribution in [1.82, 2.24) is 10.6 Å². The van der Waals surface area contributed by atoms with E-state index in [2.05, 4.69) is 15.8 Å². The Morgan fingerprint density at radius 1 is 1.55 bits per heavy atom. The Morgan fingerprint density at radius 2 is 2.25 bits per heavy atom. The number of nitrogens with two attached hydrogens (primary N) is 1. The van der Waals surface area contributed by atoms with E-state index in [1.54, 1.807) is 13.0 Å². The summed E-state index contributed by atoms with van der Waals surface area (Å²) in [5.74, 6) is -0.773. The molecule has 1 aromatic rings. The van der Waals surface area contributed by atoms with E-state index < -0.39 is 11.9 Å². The summed E-state index contributed by atoms with van der Waals surface area (Å²) in [6, 6.07) is 3.84. The molecule has 0 radical (unpaired) electrons. The molecular formula is C13H19FN4O2. The number of amidine groups is 1. The second kappa shape index (κ2) is 7.44. The van der Waals surface area contributed by atoms with Gasteiger partial charge >= 0.3 is 0 Å². The van der Waals surface area contributed by atoms with Crippen LogP contribution in [0.15, 0.2) is 23.4 Å². The van der Waals surface area contributed by atoms with Crippen LogP contribution in [0.1, 0.15) is 25.0 Å². The van der Waals surface area contributed by atoms with Gasteiger partial charge in [0.1, 0.15) is 5.82 Å². The molecule has 110 valence electrons. The van der Waals surface area contributed by atoms with Gasteiger partial charge in [0.15, 0.2) is 5.84 Å². The van der Waals surface area contributed by atoms with Gasteiger partial charge in [-0.2, -0.15) is 0 Å². The van der Waals surface area contributed by atoms with Crippen LogP contribution in [0, 0.1) is 5.82 Å². The minimum Gasteiger partial charge on any atom is -0.409 e. The lowest BCUT2D eigenvalue weighted by atomic mass is 10.1. The predicted octanol–water partition coefficient (Wildman–Crippen LogP) is 0.534. The Labute approximate surface area is 116 Å². The van der Waals surface area contributed by atoms with Crippen molar-refractivity contribution in [2.24, 2.45) is 10.9 Å². The number of benzene rings is 1. The summed E-state index contributed by atoms with van der Waals surface area (Å²) in [6.45, 7) is 4.29. The Hall–Kier alpha value is -2.15. The first kappa shape index (κ1) is 15.9. The molecule has 0 heterocycles. The van der Waals surface area contributed by atoms with Crippen LogP contribution < -0.4 is 16.4 Å². The third kappa shape index (κ3) is 4.20. The van der Waals surface area contributed by atoms with E-state index in [9.17, 15) is 9.18 Å². The average Bonchev–Trinajstić information content (AvgIpc) is 2.44. The highest BCUT2D eigenvalue weighted by molar-refractivity contribution is 5.97. The van der Waals surface area contributed by atoms with Gasteiger partial charge in [-0.15, -0.1) is 0 Å². The summed E-state index contributed by atoms with van der Waals surface area (Å²) in [5, 5.41) is 16.9. The van der Waals surface area contributed by atoms with Crippen molar-refractivity contribution in [3.63, 3.8) is 0 Å². The van der Waals surface area contributed by atoms with Gasteiger partial charge < -0.3 is 21.6 Å². The lowest BCUT2D eigenvalue weighted by Crippen LogP contribution is -2.41. The maximum absolute atomic E-state index is 13.8. The van der Waals surface area contributed by atoms with Crippen LogP contribution >= 0.6 is 0 Å². The number of nitrogens with one attached hydrogen (secondary N) is 2. The summed E-state index contributed by atoms with van der Waals surface area (Å²) in [6.07, 6.45) is 0.